The molecule has 1 saturated heterocycles. The molecule has 0 bridgehead atoms. The molecule has 100 valence electrons. The van der Waals surface area contributed by atoms with Gasteiger partial charge < -0.3 is 15.2 Å². The van der Waals surface area contributed by atoms with Crippen molar-refractivity contribution in [1.82, 2.24) is 15.8 Å². The highest BCUT2D eigenvalue weighted by molar-refractivity contribution is 7.99. The van der Waals surface area contributed by atoms with Crippen molar-refractivity contribution in [2.24, 2.45) is 0 Å². The number of amides is 1. The highest BCUT2D eigenvalue weighted by atomic mass is 32.2. The summed E-state index contributed by atoms with van der Waals surface area (Å²) in [7, 11) is 0. The third kappa shape index (κ3) is 2.87. The molecule has 0 saturated carbocycles. The Labute approximate surface area is 111 Å². The van der Waals surface area contributed by atoms with Crippen molar-refractivity contribution >= 4 is 17.7 Å². The summed E-state index contributed by atoms with van der Waals surface area (Å²) < 4.78 is 5.12. The first-order valence-corrected chi connectivity index (χ1v) is 7.29. The van der Waals surface area contributed by atoms with Crippen LogP contribution in [0.4, 0.5) is 0 Å². The predicted octanol–water partition coefficient (Wildman–Crippen LogP) is 1.17. The molecule has 2 N–H and O–H groups in total. The molecule has 18 heavy (non-hydrogen) atoms. The molecule has 1 amide bonds. The van der Waals surface area contributed by atoms with Gasteiger partial charge in [0, 0.05) is 23.6 Å². The van der Waals surface area contributed by atoms with Gasteiger partial charge in [-0.1, -0.05) is 5.16 Å². The van der Waals surface area contributed by atoms with Gasteiger partial charge in [0.2, 0.25) is 5.91 Å². The number of aryl methyl sites for hydroxylation is 2. The quantitative estimate of drug-likeness (QED) is 0.862. The van der Waals surface area contributed by atoms with Crippen molar-refractivity contribution < 1.29 is 9.32 Å². The van der Waals surface area contributed by atoms with Crippen LogP contribution in [0.15, 0.2) is 4.52 Å². The standard InChI is InChI=1S/C12H19N3O2S/c1-7(11-8(2)15-17-9(11)3)14-12(16)10-6-18-5-4-13-10/h7,10,13H,4-6H2,1-3H3,(H,14,16). The van der Waals surface area contributed by atoms with Gasteiger partial charge in [-0.3, -0.25) is 4.79 Å². The Hall–Kier alpha value is -1.01. The van der Waals surface area contributed by atoms with E-state index in [0.29, 0.717) is 0 Å². The molecule has 2 unspecified atom stereocenters. The van der Waals surface area contributed by atoms with Gasteiger partial charge in [0.15, 0.2) is 0 Å². The van der Waals surface area contributed by atoms with Crippen LogP contribution in [0.2, 0.25) is 0 Å². The Bertz CT molecular complexity index is 407. The molecule has 1 aliphatic heterocycles. The molecule has 1 aromatic rings. The van der Waals surface area contributed by atoms with Gasteiger partial charge in [0.25, 0.3) is 0 Å². The number of carbonyl (C=O) groups excluding carboxylic acids is 1. The maximum atomic E-state index is 12.1. The topological polar surface area (TPSA) is 67.2 Å². The minimum Gasteiger partial charge on any atom is -0.361 e. The number of nitrogens with zero attached hydrogens (tertiary/aromatic N) is 1. The second-order valence-corrected chi connectivity index (χ2v) is 5.70. The van der Waals surface area contributed by atoms with Crippen LogP contribution in [0.5, 0.6) is 0 Å². The number of hydrogen-bond donors (Lipinski definition) is 2. The van der Waals surface area contributed by atoms with E-state index in [-0.39, 0.29) is 18.0 Å². The van der Waals surface area contributed by atoms with E-state index in [1.165, 1.54) is 0 Å². The van der Waals surface area contributed by atoms with E-state index in [1.54, 1.807) is 0 Å². The third-order valence-electron chi connectivity index (χ3n) is 3.12. The second-order valence-electron chi connectivity index (χ2n) is 4.55. The number of thioether (sulfide) groups is 1. The summed E-state index contributed by atoms with van der Waals surface area (Å²) in [6.45, 7) is 6.61. The second kappa shape index (κ2) is 5.75. The highest BCUT2D eigenvalue weighted by Gasteiger charge is 2.24. The predicted molar refractivity (Wildman–Crippen MR) is 71.7 cm³/mol. The van der Waals surface area contributed by atoms with E-state index < -0.39 is 0 Å². The zero-order valence-electron chi connectivity index (χ0n) is 10.9. The van der Waals surface area contributed by atoms with Gasteiger partial charge in [0.05, 0.1) is 17.8 Å². The van der Waals surface area contributed by atoms with Gasteiger partial charge >= 0.3 is 0 Å². The van der Waals surface area contributed by atoms with Gasteiger partial charge in [-0.05, 0) is 20.8 Å². The SMILES string of the molecule is Cc1noc(C)c1C(C)NC(=O)C1CSCCN1. The average Bonchev–Trinajstić information content (AvgIpc) is 2.70. The smallest absolute Gasteiger partial charge is 0.238 e. The van der Waals surface area contributed by atoms with Gasteiger partial charge in [-0.2, -0.15) is 11.8 Å². The summed E-state index contributed by atoms with van der Waals surface area (Å²) in [5, 5.41) is 10.2. The van der Waals surface area contributed by atoms with E-state index >= 15 is 0 Å². The molecule has 0 spiro atoms. The number of hydrogen-bond acceptors (Lipinski definition) is 5. The normalized spacial score (nSPS) is 21.6. The fourth-order valence-electron chi connectivity index (χ4n) is 2.23. The molecule has 2 atom stereocenters. The van der Waals surface area contributed by atoms with Crippen molar-refractivity contribution in [2.45, 2.75) is 32.9 Å². The van der Waals surface area contributed by atoms with E-state index in [2.05, 4.69) is 15.8 Å². The largest absolute Gasteiger partial charge is 0.361 e. The molecule has 2 rings (SSSR count). The van der Waals surface area contributed by atoms with Crippen LogP contribution in [-0.2, 0) is 4.79 Å². The van der Waals surface area contributed by atoms with Gasteiger partial charge in [-0.25, -0.2) is 0 Å². The lowest BCUT2D eigenvalue weighted by Gasteiger charge is -2.24. The van der Waals surface area contributed by atoms with Crippen LogP contribution in [0.1, 0.15) is 30.0 Å². The molecule has 0 aliphatic carbocycles. The van der Waals surface area contributed by atoms with Crippen molar-refractivity contribution in [2.75, 3.05) is 18.1 Å². The van der Waals surface area contributed by atoms with Crippen LogP contribution in [0.25, 0.3) is 0 Å². The van der Waals surface area contributed by atoms with Crippen LogP contribution < -0.4 is 10.6 Å². The van der Waals surface area contributed by atoms with E-state index in [9.17, 15) is 4.79 Å². The molecule has 2 heterocycles. The Balaban J connectivity index is 1.98. The average molecular weight is 269 g/mol. The first-order chi connectivity index (χ1) is 8.59. The zero-order chi connectivity index (χ0) is 13.1. The van der Waals surface area contributed by atoms with Crippen molar-refractivity contribution in [3.05, 3.63) is 17.0 Å². The molecule has 5 nitrogen and oxygen atoms in total. The Morgan fingerprint density at radius 3 is 2.94 bits per heavy atom. The lowest BCUT2D eigenvalue weighted by atomic mass is 10.1. The number of carbonyl (C=O) groups is 1. The van der Waals surface area contributed by atoms with E-state index in [4.69, 9.17) is 4.52 Å². The summed E-state index contributed by atoms with van der Waals surface area (Å²) >= 11 is 1.81. The minimum absolute atomic E-state index is 0.0506. The third-order valence-corrected chi connectivity index (χ3v) is 4.18. The molecule has 1 aliphatic rings. The minimum atomic E-state index is -0.0910. The fraction of sp³-hybridized carbons (Fsp3) is 0.667. The number of rotatable bonds is 3. The lowest BCUT2D eigenvalue weighted by molar-refractivity contribution is -0.123. The molecule has 1 fully saturated rings. The van der Waals surface area contributed by atoms with Gasteiger partial charge in [-0.15, -0.1) is 0 Å². The summed E-state index contributed by atoms with van der Waals surface area (Å²) in [6.07, 6.45) is 0. The van der Waals surface area contributed by atoms with Crippen molar-refractivity contribution in [1.29, 1.82) is 0 Å². The molecule has 6 heteroatoms. The van der Waals surface area contributed by atoms with Crippen molar-refractivity contribution in [3.63, 3.8) is 0 Å². The first-order valence-electron chi connectivity index (χ1n) is 6.14. The zero-order valence-corrected chi connectivity index (χ0v) is 11.8. The molecule has 1 aromatic heterocycles. The van der Waals surface area contributed by atoms with Crippen molar-refractivity contribution in [3.8, 4) is 0 Å². The Morgan fingerprint density at radius 1 is 1.61 bits per heavy atom. The molecular formula is C12H19N3O2S. The van der Waals surface area contributed by atoms with E-state index in [1.807, 2.05) is 32.5 Å². The van der Waals surface area contributed by atoms with Gasteiger partial charge in [0.1, 0.15) is 5.76 Å². The van der Waals surface area contributed by atoms with E-state index in [0.717, 1.165) is 35.1 Å². The maximum absolute atomic E-state index is 12.1. The summed E-state index contributed by atoms with van der Waals surface area (Å²) in [5.74, 6) is 2.73. The fourth-order valence-corrected chi connectivity index (χ4v) is 3.16. The maximum Gasteiger partial charge on any atom is 0.238 e. The monoisotopic (exact) mass is 269 g/mol. The highest BCUT2D eigenvalue weighted by Crippen LogP contribution is 2.21. The summed E-state index contributed by atoms with van der Waals surface area (Å²) in [6, 6.07) is -0.163. The van der Waals surface area contributed by atoms with Crippen LogP contribution in [0.3, 0.4) is 0 Å². The van der Waals surface area contributed by atoms with Crippen LogP contribution in [0, 0.1) is 13.8 Å². The van der Waals surface area contributed by atoms with Crippen LogP contribution in [-0.4, -0.2) is 35.2 Å². The first kappa shape index (κ1) is 13.4. The Morgan fingerprint density at radius 2 is 2.39 bits per heavy atom. The summed E-state index contributed by atoms with van der Waals surface area (Å²) in [4.78, 5) is 12.1. The number of aromatic nitrogens is 1. The molecule has 0 radical (unpaired) electrons. The van der Waals surface area contributed by atoms with Crippen LogP contribution >= 0.6 is 11.8 Å². The molecule has 0 aromatic carbocycles. The Kier molecular flexibility index (Phi) is 4.29. The summed E-state index contributed by atoms with van der Waals surface area (Å²) in [5.41, 5.74) is 1.82. The number of nitrogens with one attached hydrogen (secondary N) is 2. The lowest BCUT2D eigenvalue weighted by Crippen LogP contribution is -2.49. The molecular weight excluding hydrogens is 250 g/mol.